The molecule has 0 amide bonds. The van der Waals surface area contributed by atoms with Gasteiger partial charge in [0.2, 0.25) is 0 Å². The monoisotopic (exact) mass is 366 g/mol. The van der Waals surface area contributed by atoms with Crippen LogP contribution in [0.5, 0.6) is 0 Å². The van der Waals surface area contributed by atoms with Crippen LogP contribution in [0.1, 0.15) is 25.7 Å². The third-order valence-corrected chi connectivity index (χ3v) is 6.26. The molecular weight excluding hydrogens is 344 g/mol. The summed E-state index contributed by atoms with van der Waals surface area (Å²) in [6, 6.07) is 0. The molecule has 0 saturated heterocycles. The van der Waals surface area contributed by atoms with Crippen molar-refractivity contribution < 1.29 is 25.9 Å². The summed E-state index contributed by atoms with van der Waals surface area (Å²) < 4.78 is 58.8. The first-order valence-corrected chi connectivity index (χ1v) is 11.8. The van der Waals surface area contributed by atoms with E-state index in [4.69, 9.17) is 9.11 Å². The van der Waals surface area contributed by atoms with Crippen molar-refractivity contribution in [2.45, 2.75) is 25.7 Å². The molecule has 0 aliphatic rings. The molecule has 0 aliphatic heterocycles. The number of rotatable bonds is 13. The van der Waals surface area contributed by atoms with E-state index in [1.54, 1.807) is 23.5 Å². The molecule has 20 heavy (non-hydrogen) atoms. The van der Waals surface area contributed by atoms with E-state index >= 15 is 0 Å². The fourth-order valence-electron chi connectivity index (χ4n) is 1.30. The maximum atomic E-state index is 10.4. The van der Waals surface area contributed by atoms with Gasteiger partial charge in [0.05, 0.1) is 11.5 Å². The summed E-state index contributed by atoms with van der Waals surface area (Å²) >= 11 is 3.48. The summed E-state index contributed by atoms with van der Waals surface area (Å²) in [5.41, 5.74) is 0. The Balaban J connectivity index is 3.18. The fourth-order valence-corrected chi connectivity index (χ4v) is 4.60. The molecule has 0 unspecified atom stereocenters. The van der Waals surface area contributed by atoms with E-state index in [1.165, 1.54) is 0 Å². The molecule has 0 fully saturated rings. The molecule has 0 aromatic carbocycles. The Morgan fingerprint density at radius 2 is 0.950 bits per heavy atom. The van der Waals surface area contributed by atoms with Crippen molar-refractivity contribution in [3.05, 3.63) is 0 Å². The largest absolute Gasteiger partial charge is 0.286 e. The van der Waals surface area contributed by atoms with Gasteiger partial charge in [-0.1, -0.05) is 0 Å². The van der Waals surface area contributed by atoms with Crippen LogP contribution in [0.15, 0.2) is 0 Å². The molecule has 10 heteroatoms. The van der Waals surface area contributed by atoms with Crippen LogP contribution in [0.2, 0.25) is 0 Å². The van der Waals surface area contributed by atoms with Crippen molar-refractivity contribution >= 4 is 43.8 Å². The van der Waals surface area contributed by atoms with Gasteiger partial charge >= 0.3 is 0 Å². The summed E-state index contributed by atoms with van der Waals surface area (Å²) in [6.07, 6.45) is 2.50. The highest BCUT2D eigenvalue weighted by atomic mass is 32.2. The first kappa shape index (κ1) is 20.5. The lowest BCUT2D eigenvalue weighted by Crippen LogP contribution is -2.04. The van der Waals surface area contributed by atoms with E-state index in [1.807, 2.05) is 0 Å². The Labute approximate surface area is 130 Å². The molecule has 0 spiro atoms. The van der Waals surface area contributed by atoms with Gasteiger partial charge in [-0.15, -0.1) is 0 Å². The zero-order valence-electron chi connectivity index (χ0n) is 11.2. The lowest BCUT2D eigenvalue weighted by molar-refractivity contribution is 0.478. The Bertz CT molecular complexity index is 389. The SMILES string of the molecule is O=S(=O)(O)CCCCSCCSCCCCS(=O)(=O)O. The predicted octanol–water partition coefficient (Wildman–Crippen LogP) is 1.79. The van der Waals surface area contributed by atoms with Gasteiger partial charge in [0.25, 0.3) is 20.2 Å². The molecule has 0 aromatic heterocycles. The van der Waals surface area contributed by atoms with Crippen LogP contribution in [-0.2, 0) is 20.2 Å². The van der Waals surface area contributed by atoms with Crippen LogP contribution in [0, 0.1) is 0 Å². The third-order valence-electron chi connectivity index (χ3n) is 2.25. The Morgan fingerprint density at radius 1 is 0.600 bits per heavy atom. The van der Waals surface area contributed by atoms with Crippen LogP contribution < -0.4 is 0 Å². The quantitative estimate of drug-likeness (QED) is 0.375. The highest BCUT2D eigenvalue weighted by molar-refractivity contribution is 8.02. The van der Waals surface area contributed by atoms with Gasteiger partial charge in [0.15, 0.2) is 0 Å². The van der Waals surface area contributed by atoms with Gasteiger partial charge in [-0.05, 0) is 37.2 Å². The van der Waals surface area contributed by atoms with Gasteiger partial charge in [-0.3, -0.25) is 9.11 Å². The highest BCUT2D eigenvalue weighted by Gasteiger charge is 2.04. The van der Waals surface area contributed by atoms with Crippen molar-refractivity contribution in [3.63, 3.8) is 0 Å². The molecule has 6 nitrogen and oxygen atoms in total. The summed E-state index contributed by atoms with van der Waals surface area (Å²) in [5.74, 6) is 3.34. The van der Waals surface area contributed by atoms with Crippen LogP contribution in [0.4, 0.5) is 0 Å². The summed E-state index contributed by atoms with van der Waals surface area (Å²) in [5, 5.41) is 0. The van der Waals surface area contributed by atoms with Crippen LogP contribution >= 0.6 is 23.5 Å². The molecule has 122 valence electrons. The molecule has 0 rings (SSSR count). The normalized spacial score (nSPS) is 12.7. The predicted molar refractivity (Wildman–Crippen MR) is 85.9 cm³/mol. The van der Waals surface area contributed by atoms with E-state index in [0.29, 0.717) is 12.8 Å². The van der Waals surface area contributed by atoms with Gasteiger partial charge in [-0.25, -0.2) is 0 Å². The molecule has 0 atom stereocenters. The van der Waals surface area contributed by atoms with Crippen molar-refractivity contribution in [2.75, 3.05) is 34.5 Å². The smallest absolute Gasteiger partial charge is 0.264 e. The fraction of sp³-hybridized carbons (Fsp3) is 1.00. The van der Waals surface area contributed by atoms with Crippen molar-refractivity contribution in [1.82, 2.24) is 0 Å². The van der Waals surface area contributed by atoms with Crippen molar-refractivity contribution in [3.8, 4) is 0 Å². The lowest BCUT2D eigenvalue weighted by atomic mass is 10.4. The highest BCUT2D eigenvalue weighted by Crippen LogP contribution is 2.11. The molecule has 0 saturated carbocycles. The van der Waals surface area contributed by atoms with E-state index in [0.717, 1.165) is 35.9 Å². The lowest BCUT2D eigenvalue weighted by Gasteiger charge is -2.02. The van der Waals surface area contributed by atoms with E-state index in [-0.39, 0.29) is 11.5 Å². The second-order valence-electron chi connectivity index (χ2n) is 4.21. The first-order chi connectivity index (χ1) is 9.21. The zero-order valence-corrected chi connectivity index (χ0v) is 14.5. The minimum absolute atomic E-state index is 0.171. The number of hydrogen-bond donors (Lipinski definition) is 2. The average Bonchev–Trinajstić information content (AvgIpc) is 2.27. The molecule has 0 heterocycles. The maximum Gasteiger partial charge on any atom is 0.264 e. The molecular formula is C10H22O6S4. The molecule has 0 aromatic rings. The zero-order chi connectivity index (χ0) is 15.5. The third kappa shape index (κ3) is 18.5. The molecule has 0 radical (unpaired) electrons. The number of unbranched alkanes of at least 4 members (excludes halogenated alkanes) is 2. The van der Waals surface area contributed by atoms with E-state index < -0.39 is 20.2 Å². The minimum Gasteiger partial charge on any atom is -0.286 e. The second kappa shape index (κ2) is 11.1. The molecule has 2 N–H and O–H groups in total. The Morgan fingerprint density at radius 3 is 1.25 bits per heavy atom. The Hall–Kier alpha value is 0.520. The first-order valence-electron chi connectivity index (χ1n) is 6.26. The molecule has 0 bridgehead atoms. The average molecular weight is 367 g/mol. The maximum absolute atomic E-state index is 10.4. The minimum atomic E-state index is -3.82. The van der Waals surface area contributed by atoms with Gasteiger partial charge in [-0.2, -0.15) is 40.4 Å². The van der Waals surface area contributed by atoms with E-state index in [9.17, 15) is 16.8 Å². The van der Waals surface area contributed by atoms with Gasteiger partial charge < -0.3 is 0 Å². The summed E-state index contributed by atoms with van der Waals surface area (Å²) in [4.78, 5) is 0. The topological polar surface area (TPSA) is 109 Å². The number of hydrogen-bond acceptors (Lipinski definition) is 6. The van der Waals surface area contributed by atoms with Gasteiger partial charge in [0.1, 0.15) is 0 Å². The van der Waals surface area contributed by atoms with Crippen molar-refractivity contribution in [1.29, 1.82) is 0 Å². The summed E-state index contributed by atoms with van der Waals surface area (Å²) in [6.45, 7) is 0. The van der Waals surface area contributed by atoms with Gasteiger partial charge in [0, 0.05) is 11.5 Å². The Kier molecular flexibility index (Phi) is 11.4. The number of thioether (sulfide) groups is 2. The standard InChI is InChI=1S/C10H22O6S4/c11-19(12,13)9-3-1-5-17-7-8-18-6-2-4-10-20(14,15)16/h1-10H2,(H,11,12,13)(H,14,15,16). The van der Waals surface area contributed by atoms with Crippen LogP contribution in [0.25, 0.3) is 0 Å². The van der Waals surface area contributed by atoms with Crippen molar-refractivity contribution in [2.24, 2.45) is 0 Å². The van der Waals surface area contributed by atoms with Crippen LogP contribution in [0.3, 0.4) is 0 Å². The molecule has 0 aliphatic carbocycles. The summed E-state index contributed by atoms with van der Waals surface area (Å²) in [7, 11) is -7.64. The van der Waals surface area contributed by atoms with Crippen LogP contribution in [-0.4, -0.2) is 60.5 Å². The second-order valence-corrected chi connectivity index (χ2v) is 9.80. The van der Waals surface area contributed by atoms with E-state index in [2.05, 4.69) is 0 Å².